The third-order valence-electron chi connectivity index (χ3n) is 4.01. The maximum absolute atomic E-state index is 12.5. The Morgan fingerprint density at radius 1 is 1.46 bits per heavy atom. The molecule has 2 rings (SSSR count). The van der Waals surface area contributed by atoms with Gasteiger partial charge in [-0.05, 0) is 12.1 Å². The molecule has 8 nitrogen and oxygen atoms in total. The SMILES string of the molecule is COC(=O)C(=[N+]=[N-])[C@H](O)[C@H](C)[C@@H]1CC(=O)c2c(OC(F)F)cccc2O1. The van der Waals surface area contributed by atoms with Crippen LogP contribution in [0.3, 0.4) is 0 Å². The van der Waals surface area contributed by atoms with Gasteiger partial charge in [-0.3, -0.25) is 4.79 Å². The molecule has 10 heteroatoms. The van der Waals surface area contributed by atoms with Crippen molar-refractivity contribution in [1.82, 2.24) is 0 Å². The Morgan fingerprint density at radius 2 is 2.15 bits per heavy atom. The highest BCUT2D eigenvalue weighted by Gasteiger charge is 2.42. The number of carbonyl (C=O) groups excluding carboxylic acids is 2. The molecule has 0 aliphatic carbocycles. The number of aliphatic hydroxyl groups excluding tert-OH is 1. The zero-order chi connectivity index (χ0) is 19.4. The molecule has 1 aliphatic rings. The number of Topliss-reactive ketones (excluding diaryl/α,β-unsaturated/α-hetero) is 1. The van der Waals surface area contributed by atoms with E-state index >= 15 is 0 Å². The number of aliphatic hydroxyl groups is 1. The average Bonchev–Trinajstić information content (AvgIpc) is 2.60. The maximum Gasteiger partial charge on any atom is 0.419 e. The van der Waals surface area contributed by atoms with Crippen molar-refractivity contribution in [2.45, 2.75) is 32.2 Å². The van der Waals surface area contributed by atoms with Crippen molar-refractivity contribution in [3.8, 4) is 11.5 Å². The Balaban J connectivity index is 2.27. The second-order valence-corrected chi connectivity index (χ2v) is 5.57. The van der Waals surface area contributed by atoms with Crippen LogP contribution in [0.2, 0.25) is 0 Å². The molecule has 0 spiro atoms. The first-order chi connectivity index (χ1) is 12.3. The monoisotopic (exact) mass is 370 g/mol. The molecule has 1 heterocycles. The van der Waals surface area contributed by atoms with E-state index in [0.29, 0.717) is 0 Å². The molecule has 3 atom stereocenters. The largest absolute Gasteiger partial charge is 0.489 e. The fourth-order valence-electron chi connectivity index (χ4n) is 2.64. The van der Waals surface area contributed by atoms with Gasteiger partial charge in [-0.1, -0.05) is 13.0 Å². The molecule has 0 saturated carbocycles. The molecule has 0 radical (unpaired) electrons. The molecule has 0 bridgehead atoms. The molecule has 1 aromatic carbocycles. The smallest absolute Gasteiger partial charge is 0.419 e. The zero-order valence-corrected chi connectivity index (χ0v) is 13.9. The quantitative estimate of drug-likeness (QED) is 0.350. The van der Waals surface area contributed by atoms with E-state index in [1.807, 2.05) is 0 Å². The normalized spacial score (nSPS) is 18.2. The van der Waals surface area contributed by atoms with Crippen LogP contribution in [0, 0.1) is 5.92 Å². The number of esters is 1. The van der Waals surface area contributed by atoms with Gasteiger partial charge >= 0.3 is 18.3 Å². The van der Waals surface area contributed by atoms with Gasteiger partial charge in [0.05, 0.1) is 7.11 Å². The third kappa shape index (κ3) is 3.87. The summed E-state index contributed by atoms with van der Waals surface area (Å²) in [6.07, 6.45) is -2.73. The van der Waals surface area contributed by atoms with Crippen LogP contribution in [-0.2, 0) is 9.53 Å². The Kier molecular flexibility index (Phi) is 6.01. The predicted octanol–water partition coefficient (Wildman–Crippen LogP) is 1.46. The Labute approximate surface area is 146 Å². The highest BCUT2D eigenvalue weighted by atomic mass is 19.3. The number of halogens is 2. The summed E-state index contributed by atoms with van der Waals surface area (Å²) < 4.78 is 39.3. The van der Waals surface area contributed by atoms with Gasteiger partial charge in [0.25, 0.3) is 0 Å². The van der Waals surface area contributed by atoms with Gasteiger partial charge in [0.15, 0.2) is 11.9 Å². The van der Waals surface area contributed by atoms with Crippen molar-refractivity contribution >= 4 is 17.5 Å². The molecule has 0 aromatic heterocycles. The lowest BCUT2D eigenvalue weighted by atomic mass is 9.88. The minimum atomic E-state index is -3.10. The standard InChI is InChI=1S/C16H16F2N2O6/c1-7(14(22)13(20-19)15(23)24-2)11-6-8(21)12-9(25-11)4-3-5-10(12)26-16(17)18/h3-5,7,11,14,16,22H,6H2,1-2H3/t7-,11+,14-/m1/s1. The third-order valence-corrected chi connectivity index (χ3v) is 4.01. The zero-order valence-electron chi connectivity index (χ0n) is 13.9. The second-order valence-electron chi connectivity index (χ2n) is 5.57. The fourth-order valence-corrected chi connectivity index (χ4v) is 2.64. The molecule has 140 valence electrons. The topological polar surface area (TPSA) is 118 Å². The Morgan fingerprint density at radius 3 is 2.73 bits per heavy atom. The summed E-state index contributed by atoms with van der Waals surface area (Å²) in [6.45, 7) is -1.63. The summed E-state index contributed by atoms with van der Waals surface area (Å²) in [6, 6.07) is 4.00. The Bertz CT molecular complexity index is 763. The first-order valence-corrected chi connectivity index (χ1v) is 7.56. The van der Waals surface area contributed by atoms with Crippen LogP contribution in [0.15, 0.2) is 18.2 Å². The number of nitrogens with zero attached hydrogens (tertiary/aromatic N) is 2. The van der Waals surface area contributed by atoms with Crippen molar-refractivity contribution in [2.75, 3.05) is 7.11 Å². The van der Waals surface area contributed by atoms with E-state index in [0.717, 1.165) is 7.11 Å². The van der Waals surface area contributed by atoms with Gasteiger partial charge in [-0.2, -0.15) is 13.6 Å². The number of ketones is 1. The molecule has 0 amide bonds. The van der Waals surface area contributed by atoms with Crippen molar-refractivity contribution in [3.05, 3.63) is 29.3 Å². The number of ether oxygens (including phenoxy) is 3. The van der Waals surface area contributed by atoms with Crippen LogP contribution in [0.25, 0.3) is 5.53 Å². The maximum atomic E-state index is 12.5. The number of fused-ring (bicyclic) bond motifs is 1. The van der Waals surface area contributed by atoms with Gasteiger partial charge in [-0.15, -0.1) is 0 Å². The summed E-state index contributed by atoms with van der Waals surface area (Å²) >= 11 is 0. The van der Waals surface area contributed by atoms with Crippen molar-refractivity contribution in [3.63, 3.8) is 0 Å². The van der Waals surface area contributed by atoms with E-state index < -0.39 is 42.2 Å². The number of carbonyl (C=O) groups is 2. The average molecular weight is 370 g/mol. The van der Waals surface area contributed by atoms with Crippen LogP contribution in [-0.4, -0.2) is 53.3 Å². The molecule has 1 aromatic rings. The molecular weight excluding hydrogens is 354 g/mol. The summed E-state index contributed by atoms with van der Waals surface area (Å²) in [5.41, 5.74) is 8.15. The number of methoxy groups -OCH3 is 1. The first kappa shape index (κ1) is 19.5. The number of alkyl halides is 2. The lowest BCUT2D eigenvalue weighted by Crippen LogP contribution is -2.44. The van der Waals surface area contributed by atoms with Gasteiger partial charge in [0.1, 0.15) is 23.2 Å². The summed E-state index contributed by atoms with van der Waals surface area (Å²) in [5, 5.41) is 10.2. The number of hydrogen-bond donors (Lipinski definition) is 1. The van der Waals surface area contributed by atoms with Gasteiger partial charge in [0.2, 0.25) is 0 Å². The minimum Gasteiger partial charge on any atom is -0.489 e. The van der Waals surface area contributed by atoms with Crippen molar-refractivity contribution < 1.29 is 42.5 Å². The number of hydrogen-bond acceptors (Lipinski definition) is 6. The summed E-state index contributed by atoms with van der Waals surface area (Å²) in [5.74, 6) is -2.70. The number of rotatable bonds is 6. The molecule has 1 N–H and O–H groups in total. The molecule has 1 aliphatic heterocycles. The van der Waals surface area contributed by atoms with Crippen molar-refractivity contribution in [2.24, 2.45) is 5.92 Å². The summed E-state index contributed by atoms with van der Waals surface area (Å²) in [7, 11) is 1.05. The van der Waals surface area contributed by atoms with Gasteiger partial charge < -0.3 is 24.8 Å². The van der Waals surface area contributed by atoms with E-state index in [2.05, 4.69) is 14.3 Å². The first-order valence-electron chi connectivity index (χ1n) is 7.56. The minimum absolute atomic E-state index is 0.0176. The van der Waals surface area contributed by atoms with Crippen LogP contribution in [0.5, 0.6) is 11.5 Å². The molecular formula is C16H16F2N2O6. The molecule has 0 fully saturated rings. The highest BCUT2D eigenvalue weighted by molar-refractivity contribution is 6.35. The van der Waals surface area contributed by atoms with Crippen LogP contribution in [0.4, 0.5) is 8.78 Å². The van der Waals surface area contributed by atoms with Crippen LogP contribution < -0.4 is 9.47 Å². The second kappa shape index (κ2) is 8.03. The molecule has 0 unspecified atom stereocenters. The van der Waals surface area contributed by atoms with E-state index in [1.54, 1.807) is 0 Å². The fraction of sp³-hybridized carbons (Fsp3) is 0.438. The molecule has 26 heavy (non-hydrogen) atoms. The van der Waals surface area contributed by atoms with E-state index in [9.17, 15) is 23.5 Å². The highest BCUT2D eigenvalue weighted by Crippen LogP contribution is 2.37. The van der Waals surface area contributed by atoms with Crippen LogP contribution >= 0.6 is 0 Å². The van der Waals surface area contributed by atoms with E-state index in [1.165, 1.54) is 25.1 Å². The van der Waals surface area contributed by atoms with E-state index in [4.69, 9.17) is 10.3 Å². The van der Waals surface area contributed by atoms with E-state index in [-0.39, 0.29) is 23.5 Å². The number of benzene rings is 1. The Hall–Kier alpha value is -2.84. The summed E-state index contributed by atoms with van der Waals surface area (Å²) in [4.78, 5) is 26.6. The lowest BCUT2D eigenvalue weighted by molar-refractivity contribution is -0.139. The van der Waals surface area contributed by atoms with Crippen LogP contribution in [0.1, 0.15) is 23.7 Å². The molecule has 0 saturated heterocycles. The lowest BCUT2D eigenvalue weighted by Gasteiger charge is -2.31. The predicted molar refractivity (Wildman–Crippen MR) is 82.3 cm³/mol. The van der Waals surface area contributed by atoms with Gasteiger partial charge in [-0.25, -0.2) is 4.79 Å². The van der Waals surface area contributed by atoms with Gasteiger partial charge in [0, 0.05) is 12.3 Å². The van der Waals surface area contributed by atoms with Crippen molar-refractivity contribution in [1.29, 1.82) is 0 Å².